The van der Waals surface area contributed by atoms with Crippen LogP contribution in [0.2, 0.25) is 0 Å². The molecule has 0 aliphatic heterocycles. The number of rotatable bonds is 4. The van der Waals surface area contributed by atoms with Crippen LogP contribution in [-0.4, -0.2) is 13.7 Å². The predicted octanol–water partition coefficient (Wildman–Crippen LogP) is 12.9. The Morgan fingerprint density at radius 1 is 0.308 bits per heavy atom. The van der Waals surface area contributed by atoms with E-state index in [1.54, 1.807) is 0 Å². The maximum atomic E-state index is 2.49. The third-order valence-electron chi connectivity index (χ3n) is 11.0. The summed E-state index contributed by atoms with van der Waals surface area (Å²) in [5.74, 6) is 0. The molecule has 0 bridgehead atoms. The largest absolute Gasteiger partial charge is 0.344 e. The van der Waals surface area contributed by atoms with Crippen molar-refractivity contribution in [3.8, 4) is 33.6 Å². The Hall–Kier alpha value is -6.84. The Bertz CT molecular complexity index is 3190. The zero-order chi connectivity index (χ0) is 34.3. The van der Waals surface area contributed by atoms with Gasteiger partial charge >= 0.3 is 0 Å². The summed E-state index contributed by atoms with van der Waals surface area (Å²) in [6, 6.07) is 66.5. The molecule has 0 aliphatic rings. The van der Waals surface area contributed by atoms with Crippen LogP contribution in [0.15, 0.2) is 182 Å². The maximum absolute atomic E-state index is 2.49. The second-order valence-corrected chi connectivity index (χ2v) is 13.8. The van der Waals surface area contributed by atoms with Crippen LogP contribution in [0.5, 0.6) is 0 Å². The van der Waals surface area contributed by atoms with Gasteiger partial charge in [-0.25, -0.2) is 0 Å². The molecule has 8 aromatic carbocycles. The minimum atomic E-state index is 1.14. The number of hydrogen-bond donors (Lipinski definition) is 0. The Balaban J connectivity index is 1.17. The van der Waals surface area contributed by atoms with Crippen molar-refractivity contribution < 1.29 is 0 Å². The molecule has 0 atom stereocenters. The van der Waals surface area contributed by atoms with E-state index in [-0.39, 0.29) is 0 Å². The van der Waals surface area contributed by atoms with Crippen molar-refractivity contribution in [1.29, 1.82) is 0 Å². The summed E-state index contributed by atoms with van der Waals surface area (Å²) in [7, 11) is 2.18. The van der Waals surface area contributed by atoms with Gasteiger partial charge in [0.15, 0.2) is 0 Å². The van der Waals surface area contributed by atoms with E-state index in [2.05, 4.69) is 203 Å². The van der Waals surface area contributed by atoms with Crippen LogP contribution in [-0.2, 0) is 7.05 Å². The number of fused-ring (bicyclic) bond motifs is 10. The van der Waals surface area contributed by atoms with Crippen LogP contribution in [0.4, 0.5) is 0 Å². The van der Waals surface area contributed by atoms with E-state index in [1.165, 1.54) is 87.7 Å². The molecule has 0 N–H and O–H groups in total. The molecule has 11 rings (SSSR count). The van der Waals surface area contributed by atoms with E-state index < -0.39 is 0 Å². The molecule has 3 aromatic heterocycles. The van der Waals surface area contributed by atoms with Crippen LogP contribution in [0.3, 0.4) is 0 Å². The van der Waals surface area contributed by atoms with Gasteiger partial charge in [0.2, 0.25) is 0 Å². The fourth-order valence-corrected chi connectivity index (χ4v) is 8.68. The highest BCUT2D eigenvalue weighted by Gasteiger charge is 2.20. The van der Waals surface area contributed by atoms with Crippen LogP contribution < -0.4 is 0 Å². The SMILES string of the molecule is Cn1c2ccccc2c2c1ccc1c3ccccc3n(-c3ccc4c5ccccc5n(-c5cccc(-c6cccc(-c7ccccc7)c6)c5)c4c3)c12. The maximum Gasteiger partial charge on any atom is 0.0641 e. The van der Waals surface area contributed by atoms with E-state index in [4.69, 9.17) is 0 Å². The van der Waals surface area contributed by atoms with E-state index >= 15 is 0 Å². The average Bonchev–Trinajstić information content (AvgIpc) is 3.83. The summed E-state index contributed by atoms with van der Waals surface area (Å²) >= 11 is 0. The van der Waals surface area contributed by atoms with Crippen LogP contribution >= 0.6 is 0 Å². The van der Waals surface area contributed by atoms with Gasteiger partial charge in [-0.1, -0.05) is 127 Å². The first-order valence-electron chi connectivity index (χ1n) is 17.9. The second-order valence-electron chi connectivity index (χ2n) is 13.8. The molecule has 244 valence electrons. The average molecular weight is 664 g/mol. The minimum Gasteiger partial charge on any atom is -0.344 e. The molecule has 0 aliphatic carbocycles. The van der Waals surface area contributed by atoms with Crippen molar-refractivity contribution in [2.75, 3.05) is 0 Å². The summed E-state index contributed by atoms with van der Waals surface area (Å²) in [5.41, 5.74) is 14.4. The van der Waals surface area contributed by atoms with Gasteiger partial charge in [0.25, 0.3) is 0 Å². The van der Waals surface area contributed by atoms with Crippen molar-refractivity contribution in [3.63, 3.8) is 0 Å². The number of aryl methyl sites for hydroxylation is 1. The Labute approximate surface area is 300 Å². The predicted molar refractivity (Wildman–Crippen MR) is 220 cm³/mol. The number of benzene rings is 8. The van der Waals surface area contributed by atoms with E-state index in [1.807, 2.05) is 0 Å². The molecule has 3 heterocycles. The molecule has 11 aromatic rings. The van der Waals surface area contributed by atoms with Gasteiger partial charge in [0, 0.05) is 56.3 Å². The van der Waals surface area contributed by atoms with Crippen molar-refractivity contribution in [2.24, 2.45) is 7.05 Å². The summed E-state index contributed by atoms with van der Waals surface area (Å²) in [6.45, 7) is 0. The lowest BCUT2D eigenvalue weighted by atomic mass is 9.99. The summed E-state index contributed by atoms with van der Waals surface area (Å²) in [5, 5.41) is 7.59. The van der Waals surface area contributed by atoms with Crippen LogP contribution in [0.1, 0.15) is 0 Å². The Morgan fingerprint density at radius 2 is 0.846 bits per heavy atom. The molecule has 0 amide bonds. The molecule has 3 heteroatoms. The molecular weight excluding hydrogens is 631 g/mol. The van der Waals surface area contributed by atoms with Gasteiger partial charge in [-0.3, -0.25) is 0 Å². The van der Waals surface area contributed by atoms with Crippen LogP contribution in [0, 0.1) is 0 Å². The van der Waals surface area contributed by atoms with Crippen LogP contribution in [0.25, 0.3) is 99.0 Å². The molecular formula is C49H33N3. The molecule has 0 saturated heterocycles. The molecule has 0 spiro atoms. The van der Waals surface area contributed by atoms with Gasteiger partial charge < -0.3 is 13.7 Å². The van der Waals surface area contributed by atoms with E-state index in [9.17, 15) is 0 Å². The number of para-hydroxylation sites is 3. The van der Waals surface area contributed by atoms with Gasteiger partial charge in [-0.05, 0) is 76.9 Å². The monoisotopic (exact) mass is 663 g/mol. The molecule has 52 heavy (non-hydrogen) atoms. The highest BCUT2D eigenvalue weighted by molar-refractivity contribution is 6.25. The quantitative estimate of drug-likeness (QED) is 0.178. The van der Waals surface area contributed by atoms with Crippen molar-refractivity contribution in [3.05, 3.63) is 182 Å². The lowest BCUT2D eigenvalue weighted by Crippen LogP contribution is -1.97. The van der Waals surface area contributed by atoms with Crippen molar-refractivity contribution in [1.82, 2.24) is 13.7 Å². The molecule has 3 nitrogen and oxygen atoms in total. The topological polar surface area (TPSA) is 14.8 Å². The highest BCUT2D eigenvalue weighted by atomic mass is 15.0. The first kappa shape index (κ1) is 28.9. The Morgan fingerprint density at radius 3 is 1.63 bits per heavy atom. The normalized spacial score (nSPS) is 11.9. The van der Waals surface area contributed by atoms with E-state index in [0.717, 1.165) is 11.4 Å². The third-order valence-corrected chi connectivity index (χ3v) is 11.0. The smallest absolute Gasteiger partial charge is 0.0641 e. The third kappa shape index (κ3) is 4.14. The summed E-state index contributed by atoms with van der Waals surface area (Å²) in [4.78, 5) is 0. The number of aromatic nitrogens is 3. The van der Waals surface area contributed by atoms with E-state index in [0.29, 0.717) is 0 Å². The summed E-state index contributed by atoms with van der Waals surface area (Å²) in [6.07, 6.45) is 0. The second kappa shape index (κ2) is 11.1. The zero-order valence-corrected chi connectivity index (χ0v) is 28.7. The number of nitrogens with zero attached hydrogens (tertiary/aromatic N) is 3. The lowest BCUT2D eigenvalue weighted by molar-refractivity contribution is 1.01. The fraction of sp³-hybridized carbons (Fsp3) is 0.0204. The molecule has 0 fully saturated rings. The molecule has 0 saturated carbocycles. The van der Waals surface area contributed by atoms with Gasteiger partial charge in [-0.2, -0.15) is 0 Å². The zero-order valence-electron chi connectivity index (χ0n) is 28.7. The molecule has 0 radical (unpaired) electrons. The first-order valence-corrected chi connectivity index (χ1v) is 17.9. The highest BCUT2D eigenvalue weighted by Crippen LogP contribution is 2.42. The Kier molecular flexibility index (Phi) is 6.17. The van der Waals surface area contributed by atoms with Gasteiger partial charge in [-0.15, -0.1) is 0 Å². The van der Waals surface area contributed by atoms with Crippen molar-refractivity contribution in [2.45, 2.75) is 0 Å². The molecule has 0 unspecified atom stereocenters. The fourth-order valence-electron chi connectivity index (χ4n) is 8.68. The lowest BCUT2D eigenvalue weighted by Gasteiger charge is -2.13. The minimum absolute atomic E-state index is 1.14. The summed E-state index contributed by atoms with van der Waals surface area (Å²) < 4.78 is 7.27. The standard InChI is InChI=1S/C49H33N3/c1-50-43-22-8-7-21-42(43)48-46(50)28-27-41-39-20-6-10-24-45(39)52(49(41)48)37-25-26-40-38-19-5-9-23-44(38)51(47(40)31-37)36-18-12-17-35(30-36)34-16-11-15-33(29-34)32-13-3-2-4-14-32/h2-31H,1H3. The van der Waals surface area contributed by atoms with Crippen molar-refractivity contribution >= 4 is 65.4 Å². The van der Waals surface area contributed by atoms with Gasteiger partial charge in [0.05, 0.1) is 27.6 Å². The first-order chi connectivity index (χ1) is 25.7. The van der Waals surface area contributed by atoms with Gasteiger partial charge in [0.1, 0.15) is 0 Å². The number of hydrogen-bond acceptors (Lipinski definition) is 0.